The van der Waals surface area contributed by atoms with E-state index in [-0.39, 0.29) is 0 Å². The molecule has 0 atom stereocenters. The molecule has 1 radical (unpaired) electrons. The molecule has 59 valence electrons. The summed E-state index contributed by atoms with van der Waals surface area (Å²) in [5.74, 6) is 0.558. The summed E-state index contributed by atoms with van der Waals surface area (Å²) in [4.78, 5) is 0. The summed E-state index contributed by atoms with van der Waals surface area (Å²) in [6.45, 7) is 5.42. The molecular formula is C10H13O. The van der Waals surface area contributed by atoms with Crippen LogP contribution in [0, 0.1) is 6.61 Å². The van der Waals surface area contributed by atoms with Gasteiger partial charge in [0.2, 0.25) is 0 Å². The molecule has 0 aliphatic carbocycles. The first-order valence-electron chi connectivity index (χ1n) is 3.81. The third kappa shape index (κ3) is 2.05. The Balaban J connectivity index is 2.83. The Morgan fingerprint density at radius 2 is 1.73 bits per heavy atom. The molecule has 0 unspecified atom stereocenters. The SMILES string of the molecule is CC(C)c1ccc([CH]O)cc1. The summed E-state index contributed by atoms with van der Waals surface area (Å²) in [5, 5.41) is 8.64. The van der Waals surface area contributed by atoms with Crippen molar-refractivity contribution in [2.24, 2.45) is 0 Å². The highest BCUT2D eigenvalue weighted by molar-refractivity contribution is 5.27. The molecule has 0 saturated heterocycles. The average Bonchev–Trinajstić information content (AvgIpc) is 2.05. The fraction of sp³-hybridized carbons (Fsp3) is 0.300. The minimum atomic E-state index is 0.558. The van der Waals surface area contributed by atoms with E-state index in [1.54, 1.807) is 0 Å². The molecule has 1 nitrogen and oxygen atoms in total. The molecule has 1 heteroatoms. The molecule has 0 heterocycles. The predicted molar refractivity (Wildman–Crippen MR) is 45.9 cm³/mol. The molecule has 0 aliphatic rings. The molecule has 1 aromatic carbocycles. The molecule has 1 N–H and O–H groups in total. The van der Waals surface area contributed by atoms with Crippen LogP contribution in [-0.2, 0) is 0 Å². The van der Waals surface area contributed by atoms with Crippen molar-refractivity contribution in [1.82, 2.24) is 0 Å². The van der Waals surface area contributed by atoms with Gasteiger partial charge in [0.05, 0.1) is 0 Å². The Hall–Kier alpha value is -0.820. The lowest BCUT2D eigenvalue weighted by molar-refractivity contribution is 0.415. The van der Waals surface area contributed by atoms with Crippen LogP contribution in [0.2, 0.25) is 0 Å². The van der Waals surface area contributed by atoms with E-state index in [2.05, 4.69) is 13.8 Å². The molecule has 1 rings (SSSR count). The Bertz CT molecular complexity index is 211. The zero-order valence-electron chi connectivity index (χ0n) is 6.91. The van der Waals surface area contributed by atoms with Crippen molar-refractivity contribution in [3.63, 3.8) is 0 Å². The summed E-state index contributed by atoms with van der Waals surface area (Å²) in [6.07, 6.45) is 0. The van der Waals surface area contributed by atoms with Crippen LogP contribution in [0.4, 0.5) is 0 Å². The minimum Gasteiger partial charge on any atom is -0.385 e. The van der Waals surface area contributed by atoms with Crippen molar-refractivity contribution in [2.75, 3.05) is 0 Å². The fourth-order valence-electron chi connectivity index (χ4n) is 0.967. The highest BCUT2D eigenvalue weighted by Gasteiger charge is 1.97. The summed E-state index contributed by atoms with van der Waals surface area (Å²) < 4.78 is 0. The predicted octanol–water partition coefficient (Wildman–Crippen LogP) is 2.69. The van der Waals surface area contributed by atoms with Crippen LogP contribution in [0.5, 0.6) is 0 Å². The van der Waals surface area contributed by atoms with E-state index in [9.17, 15) is 0 Å². The van der Waals surface area contributed by atoms with Gasteiger partial charge in [0.15, 0.2) is 0 Å². The summed E-state index contributed by atoms with van der Waals surface area (Å²) >= 11 is 0. The highest BCUT2D eigenvalue weighted by atomic mass is 16.3. The zero-order chi connectivity index (χ0) is 8.27. The molecule has 0 fully saturated rings. The summed E-state index contributed by atoms with van der Waals surface area (Å²) in [6, 6.07) is 7.89. The molecule has 0 bridgehead atoms. The molecule has 11 heavy (non-hydrogen) atoms. The largest absolute Gasteiger partial charge is 0.385 e. The Kier molecular flexibility index (Phi) is 2.66. The van der Waals surface area contributed by atoms with Crippen LogP contribution in [0.1, 0.15) is 30.9 Å². The van der Waals surface area contributed by atoms with Gasteiger partial charge in [0.1, 0.15) is 6.61 Å². The van der Waals surface area contributed by atoms with Gasteiger partial charge in [0, 0.05) is 0 Å². The topological polar surface area (TPSA) is 20.2 Å². The molecule has 1 aromatic rings. The second kappa shape index (κ2) is 3.54. The zero-order valence-corrected chi connectivity index (χ0v) is 6.91. The van der Waals surface area contributed by atoms with E-state index >= 15 is 0 Å². The van der Waals surface area contributed by atoms with Crippen LogP contribution in [0.25, 0.3) is 0 Å². The lowest BCUT2D eigenvalue weighted by atomic mass is 10.0. The molecule has 0 spiro atoms. The fourth-order valence-corrected chi connectivity index (χ4v) is 0.967. The van der Waals surface area contributed by atoms with E-state index in [1.807, 2.05) is 24.3 Å². The van der Waals surface area contributed by atoms with Gasteiger partial charge in [-0.25, -0.2) is 0 Å². The van der Waals surface area contributed by atoms with E-state index in [4.69, 9.17) is 5.11 Å². The molecule has 0 amide bonds. The summed E-state index contributed by atoms with van der Waals surface area (Å²) in [5.41, 5.74) is 2.16. The quantitative estimate of drug-likeness (QED) is 0.685. The molecule has 0 aliphatic heterocycles. The van der Waals surface area contributed by atoms with Crippen molar-refractivity contribution in [3.05, 3.63) is 42.0 Å². The Morgan fingerprint density at radius 1 is 1.18 bits per heavy atom. The Labute approximate surface area is 67.7 Å². The number of rotatable bonds is 2. The third-order valence-corrected chi connectivity index (χ3v) is 1.75. The van der Waals surface area contributed by atoms with Crippen molar-refractivity contribution in [3.8, 4) is 0 Å². The Morgan fingerprint density at radius 3 is 2.09 bits per heavy atom. The van der Waals surface area contributed by atoms with Gasteiger partial charge in [-0.05, 0) is 17.0 Å². The number of aliphatic hydroxyl groups is 1. The maximum absolute atomic E-state index is 8.64. The van der Waals surface area contributed by atoms with E-state index < -0.39 is 0 Å². The lowest BCUT2D eigenvalue weighted by Gasteiger charge is -2.04. The van der Waals surface area contributed by atoms with Gasteiger partial charge in [-0.1, -0.05) is 38.1 Å². The van der Waals surface area contributed by atoms with Crippen LogP contribution in [0.15, 0.2) is 24.3 Å². The van der Waals surface area contributed by atoms with E-state index in [0.717, 1.165) is 12.2 Å². The highest BCUT2D eigenvalue weighted by Crippen LogP contribution is 2.14. The number of hydrogen-bond donors (Lipinski definition) is 1. The van der Waals surface area contributed by atoms with E-state index in [0.29, 0.717) is 5.92 Å². The lowest BCUT2D eigenvalue weighted by Crippen LogP contribution is -1.87. The number of benzene rings is 1. The number of aliphatic hydroxyl groups excluding tert-OH is 1. The maximum Gasteiger partial charge on any atom is 0.109 e. The number of hydrogen-bond acceptors (Lipinski definition) is 1. The van der Waals surface area contributed by atoms with Gasteiger partial charge >= 0.3 is 0 Å². The van der Waals surface area contributed by atoms with Gasteiger partial charge in [-0.15, -0.1) is 0 Å². The first-order valence-corrected chi connectivity index (χ1v) is 3.81. The standard InChI is InChI=1S/C10H13O/c1-8(2)10-5-3-9(7-11)4-6-10/h3-8,11H,1-2H3. The molecule has 0 aromatic heterocycles. The smallest absolute Gasteiger partial charge is 0.109 e. The third-order valence-electron chi connectivity index (χ3n) is 1.75. The first-order chi connectivity index (χ1) is 5.24. The minimum absolute atomic E-state index is 0.558. The van der Waals surface area contributed by atoms with Crippen LogP contribution >= 0.6 is 0 Å². The molecule has 0 saturated carbocycles. The normalized spacial score (nSPS) is 10.5. The van der Waals surface area contributed by atoms with Gasteiger partial charge in [-0.3, -0.25) is 0 Å². The van der Waals surface area contributed by atoms with Gasteiger partial charge in [-0.2, -0.15) is 0 Å². The van der Waals surface area contributed by atoms with Crippen molar-refractivity contribution in [1.29, 1.82) is 0 Å². The summed E-state index contributed by atoms with van der Waals surface area (Å²) in [7, 11) is 0. The van der Waals surface area contributed by atoms with Crippen LogP contribution < -0.4 is 0 Å². The van der Waals surface area contributed by atoms with Crippen molar-refractivity contribution < 1.29 is 5.11 Å². The second-order valence-corrected chi connectivity index (χ2v) is 2.95. The first kappa shape index (κ1) is 8.28. The van der Waals surface area contributed by atoms with Gasteiger partial charge < -0.3 is 5.11 Å². The van der Waals surface area contributed by atoms with Crippen LogP contribution in [-0.4, -0.2) is 5.11 Å². The molecular weight excluding hydrogens is 136 g/mol. The van der Waals surface area contributed by atoms with Gasteiger partial charge in [0.25, 0.3) is 0 Å². The van der Waals surface area contributed by atoms with Crippen LogP contribution in [0.3, 0.4) is 0 Å². The van der Waals surface area contributed by atoms with Crippen molar-refractivity contribution >= 4 is 0 Å². The van der Waals surface area contributed by atoms with Crippen molar-refractivity contribution in [2.45, 2.75) is 19.8 Å². The van der Waals surface area contributed by atoms with E-state index in [1.165, 1.54) is 5.56 Å². The second-order valence-electron chi connectivity index (χ2n) is 2.95. The average molecular weight is 149 g/mol. The monoisotopic (exact) mass is 149 g/mol. The maximum atomic E-state index is 8.64.